The van der Waals surface area contributed by atoms with Gasteiger partial charge in [0.05, 0.1) is 11.9 Å². The van der Waals surface area contributed by atoms with E-state index in [1.165, 1.54) is 6.07 Å². The van der Waals surface area contributed by atoms with E-state index in [0.29, 0.717) is 15.3 Å². The zero-order valence-electron chi connectivity index (χ0n) is 13.2. The van der Waals surface area contributed by atoms with E-state index in [0.717, 1.165) is 23.5 Å². The highest BCUT2D eigenvalue weighted by Crippen LogP contribution is 2.24. The van der Waals surface area contributed by atoms with Crippen molar-refractivity contribution in [3.8, 4) is 5.69 Å². The van der Waals surface area contributed by atoms with Crippen molar-refractivity contribution in [3.63, 3.8) is 0 Å². The van der Waals surface area contributed by atoms with Gasteiger partial charge in [0.1, 0.15) is 5.82 Å². The van der Waals surface area contributed by atoms with E-state index in [1.54, 1.807) is 12.3 Å². The van der Waals surface area contributed by atoms with Crippen molar-refractivity contribution in [1.82, 2.24) is 15.3 Å². The van der Waals surface area contributed by atoms with Crippen LogP contribution in [0.5, 0.6) is 0 Å². The Kier molecular flexibility index (Phi) is 5.90. The number of benzene rings is 1. The van der Waals surface area contributed by atoms with Gasteiger partial charge in [-0.1, -0.05) is 15.9 Å². The van der Waals surface area contributed by atoms with Gasteiger partial charge in [-0.05, 0) is 57.3 Å². The zero-order chi connectivity index (χ0) is 17.0. The van der Waals surface area contributed by atoms with E-state index >= 15 is 0 Å². The van der Waals surface area contributed by atoms with Crippen LogP contribution >= 0.6 is 28.1 Å². The molecule has 1 aromatic carbocycles. The molecule has 1 heterocycles. The van der Waals surface area contributed by atoms with E-state index < -0.39 is 0 Å². The Bertz CT molecular complexity index is 755. The first-order chi connectivity index (χ1) is 10.9. The summed E-state index contributed by atoms with van der Waals surface area (Å²) in [6, 6.07) is 6.98. The quantitative estimate of drug-likeness (QED) is 0.468. The number of hydrogen-bond acceptors (Lipinski definition) is 2. The Morgan fingerprint density at radius 3 is 2.78 bits per heavy atom. The molecule has 0 aliphatic rings. The minimum absolute atomic E-state index is 0.281. The summed E-state index contributed by atoms with van der Waals surface area (Å²) in [6.07, 6.45) is 1.68. The lowest BCUT2D eigenvalue weighted by atomic mass is 10.2. The number of rotatable bonds is 4. The number of halogens is 2. The SMILES string of the molecule is CCNC(=S)NN=Cc1cc(C)n(-c2ccc(Br)cc2F)c1C. The Morgan fingerprint density at radius 2 is 2.13 bits per heavy atom. The summed E-state index contributed by atoms with van der Waals surface area (Å²) in [5, 5.41) is 7.53. The van der Waals surface area contributed by atoms with Crippen molar-refractivity contribution in [2.24, 2.45) is 5.10 Å². The van der Waals surface area contributed by atoms with Gasteiger partial charge in [0.2, 0.25) is 0 Å². The number of aromatic nitrogens is 1. The van der Waals surface area contributed by atoms with Crippen LogP contribution in [0.2, 0.25) is 0 Å². The normalized spacial score (nSPS) is 11.0. The standard InChI is InChI=1S/C16H18BrFN4S/c1-4-19-16(23)21-20-9-12-7-10(2)22(11(12)3)15-6-5-13(17)8-14(15)18/h5-9H,4H2,1-3H3,(H2,19,21,23). The lowest BCUT2D eigenvalue weighted by molar-refractivity contribution is 0.615. The molecule has 0 spiro atoms. The number of nitrogens with zero attached hydrogens (tertiary/aromatic N) is 2. The third-order valence-electron chi connectivity index (χ3n) is 3.33. The monoisotopic (exact) mass is 396 g/mol. The minimum atomic E-state index is -0.281. The molecule has 23 heavy (non-hydrogen) atoms. The second-order valence-corrected chi connectivity index (χ2v) is 6.31. The molecule has 0 bridgehead atoms. The van der Waals surface area contributed by atoms with Crippen molar-refractivity contribution in [2.45, 2.75) is 20.8 Å². The van der Waals surface area contributed by atoms with Crippen molar-refractivity contribution in [1.29, 1.82) is 0 Å². The molecule has 2 aromatic rings. The summed E-state index contributed by atoms with van der Waals surface area (Å²) in [6.45, 7) is 6.55. The van der Waals surface area contributed by atoms with E-state index in [9.17, 15) is 4.39 Å². The first kappa shape index (κ1) is 17.6. The van der Waals surface area contributed by atoms with E-state index in [1.807, 2.05) is 37.5 Å². The maximum atomic E-state index is 14.2. The molecule has 0 saturated carbocycles. The summed E-state index contributed by atoms with van der Waals surface area (Å²) in [7, 11) is 0. The molecule has 2 rings (SSSR count). The summed E-state index contributed by atoms with van der Waals surface area (Å²) >= 11 is 8.32. The van der Waals surface area contributed by atoms with Gasteiger partial charge in [0.25, 0.3) is 0 Å². The van der Waals surface area contributed by atoms with Crippen LogP contribution in [0.4, 0.5) is 4.39 Å². The van der Waals surface area contributed by atoms with Crippen LogP contribution in [-0.4, -0.2) is 22.4 Å². The van der Waals surface area contributed by atoms with Crippen LogP contribution in [-0.2, 0) is 0 Å². The third-order valence-corrected chi connectivity index (χ3v) is 4.06. The van der Waals surface area contributed by atoms with Crippen LogP contribution in [0.1, 0.15) is 23.9 Å². The van der Waals surface area contributed by atoms with Crippen LogP contribution in [0.25, 0.3) is 5.69 Å². The molecule has 0 saturated heterocycles. The molecule has 0 atom stereocenters. The summed E-state index contributed by atoms with van der Waals surface area (Å²) < 4.78 is 16.8. The molecule has 0 fully saturated rings. The predicted octanol–water partition coefficient (Wildman–Crippen LogP) is 3.81. The van der Waals surface area contributed by atoms with E-state index in [-0.39, 0.29) is 5.82 Å². The average Bonchev–Trinajstić information content (AvgIpc) is 2.75. The Labute approximate surface area is 148 Å². The van der Waals surface area contributed by atoms with Crippen LogP contribution in [0.3, 0.4) is 0 Å². The first-order valence-electron chi connectivity index (χ1n) is 7.15. The maximum Gasteiger partial charge on any atom is 0.186 e. The highest BCUT2D eigenvalue weighted by molar-refractivity contribution is 9.10. The molecule has 0 amide bonds. The number of aryl methyl sites for hydroxylation is 1. The Hall–Kier alpha value is -1.73. The average molecular weight is 397 g/mol. The molecule has 2 N–H and O–H groups in total. The molecule has 0 unspecified atom stereocenters. The minimum Gasteiger partial charge on any atom is -0.362 e. The van der Waals surface area contributed by atoms with Crippen LogP contribution in [0.15, 0.2) is 33.8 Å². The van der Waals surface area contributed by atoms with Gasteiger partial charge in [0, 0.05) is 28.0 Å². The molecule has 4 nitrogen and oxygen atoms in total. The van der Waals surface area contributed by atoms with Crippen molar-refractivity contribution in [3.05, 3.63) is 51.5 Å². The Balaban J connectivity index is 2.29. The molecule has 0 aliphatic heterocycles. The molecule has 0 radical (unpaired) electrons. The van der Waals surface area contributed by atoms with Crippen LogP contribution < -0.4 is 10.7 Å². The maximum absolute atomic E-state index is 14.2. The summed E-state index contributed by atoms with van der Waals surface area (Å²) in [5.74, 6) is -0.281. The second kappa shape index (κ2) is 7.70. The zero-order valence-corrected chi connectivity index (χ0v) is 15.6. The first-order valence-corrected chi connectivity index (χ1v) is 8.35. The van der Waals surface area contributed by atoms with Gasteiger partial charge in [-0.25, -0.2) is 4.39 Å². The molecular weight excluding hydrogens is 379 g/mol. The van der Waals surface area contributed by atoms with Crippen molar-refractivity contribution >= 4 is 39.5 Å². The van der Waals surface area contributed by atoms with Gasteiger partial charge >= 0.3 is 0 Å². The number of nitrogens with one attached hydrogen (secondary N) is 2. The largest absolute Gasteiger partial charge is 0.362 e. The number of thiocarbonyl (C=S) groups is 1. The fourth-order valence-corrected chi connectivity index (χ4v) is 2.84. The van der Waals surface area contributed by atoms with Gasteiger partial charge in [-0.15, -0.1) is 0 Å². The predicted molar refractivity (Wildman–Crippen MR) is 99.9 cm³/mol. The fraction of sp³-hybridized carbons (Fsp3) is 0.250. The third kappa shape index (κ3) is 4.17. The fourth-order valence-electron chi connectivity index (χ4n) is 2.31. The van der Waals surface area contributed by atoms with Gasteiger partial charge in [-0.2, -0.15) is 5.10 Å². The summed E-state index contributed by atoms with van der Waals surface area (Å²) in [4.78, 5) is 0. The number of hydrazone groups is 1. The number of hydrogen-bond donors (Lipinski definition) is 2. The van der Waals surface area contributed by atoms with Gasteiger partial charge in [0.15, 0.2) is 5.11 Å². The molecule has 1 aromatic heterocycles. The topological polar surface area (TPSA) is 41.4 Å². The van der Waals surface area contributed by atoms with Crippen molar-refractivity contribution < 1.29 is 4.39 Å². The molecule has 122 valence electrons. The van der Waals surface area contributed by atoms with Crippen molar-refractivity contribution in [2.75, 3.05) is 6.54 Å². The molecular formula is C16H18BrFN4S. The summed E-state index contributed by atoms with van der Waals surface area (Å²) in [5.41, 5.74) is 6.00. The lowest BCUT2D eigenvalue weighted by Gasteiger charge is -2.11. The van der Waals surface area contributed by atoms with E-state index in [2.05, 4.69) is 31.8 Å². The van der Waals surface area contributed by atoms with Gasteiger partial charge < -0.3 is 9.88 Å². The smallest absolute Gasteiger partial charge is 0.186 e. The van der Waals surface area contributed by atoms with Crippen LogP contribution in [0, 0.1) is 19.7 Å². The highest BCUT2D eigenvalue weighted by atomic mass is 79.9. The Morgan fingerprint density at radius 1 is 1.39 bits per heavy atom. The molecule has 7 heteroatoms. The van der Waals surface area contributed by atoms with E-state index in [4.69, 9.17) is 12.2 Å². The lowest BCUT2D eigenvalue weighted by Crippen LogP contribution is -2.31. The second-order valence-electron chi connectivity index (χ2n) is 4.99. The molecule has 0 aliphatic carbocycles. The van der Waals surface area contributed by atoms with Gasteiger partial charge in [-0.3, -0.25) is 5.43 Å². The highest BCUT2D eigenvalue weighted by Gasteiger charge is 2.13.